The number of amides is 1. The third-order valence-corrected chi connectivity index (χ3v) is 6.64. The normalized spacial score (nSPS) is 19.9. The lowest BCUT2D eigenvalue weighted by atomic mass is 10.0. The summed E-state index contributed by atoms with van der Waals surface area (Å²) < 4.78 is 24.5. The number of aromatic nitrogens is 2. The summed E-state index contributed by atoms with van der Waals surface area (Å²) in [6.45, 7) is 4.40. The minimum absolute atomic E-state index is 0.000224. The fraction of sp³-hybridized carbons (Fsp3) is 0.320. The molecular weight excluding hydrogens is 473 g/mol. The molecule has 2 aliphatic heterocycles. The summed E-state index contributed by atoms with van der Waals surface area (Å²) in [5, 5.41) is 6.67. The van der Waals surface area contributed by atoms with E-state index in [0.717, 1.165) is 32.8 Å². The number of carbonyl (C=O) groups excluding carboxylic acids is 1. The number of fused-ring (bicyclic) bond motifs is 2. The molecular formula is C25H25ClFN5O3. The minimum Gasteiger partial charge on any atom is -0.494 e. The van der Waals surface area contributed by atoms with Crippen molar-refractivity contribution < 1.29 is 18.7 Å². The molecule has 2 N–H and O–H groups in total. The van der Waals surface area contributed by atoms with E-state index in [1.807, 2.05) is 6.08 Å². The topological polar surface area (TPSA) is 88.6 Å². The van der Waals surface area contributed by atoms with E-state index in [-0.39, 0.29) is 10.9 Å². The van der Waals surface area contributed by atoms with E-state index in [0.29, 0.717) is 45.7 Å². The number of benzene rings is 2. The van der Waals surface area contributed by atoms with Crippen LogP contribution in [0.3, 0.4) is 0 Å². The van der Waals surface area contributed by atoms with Crippen molar-refractivity contribution in [3.05, 3.63) is 59.7 Å². The van der Waals surface area contributed by atoms with Crippen LogP contribution in [0, 0.1) is 17.7 Å². The number of nitrogens with one attached hydrogen (secondary N) is 2. The summed E-state index contributed by atoms with van der Waals surface area (Å²) in [6, 6.07) is 7.78. The third-order valence-electron chi connectivity index (χ3n) is 6.35. The lowest BCUT2D eigenvalue weighted by molar-refractivity contribution is -0.111. The predicted octanol–water partition coefficient (Wildman–Crippen LogP) is 4.25. The maximum Gasteiger partial charge on any atom is 0.248 e. The average molecular weight is 498 g/mol. The molecule has 3 aromatic rings. The highest BCUT2D eigenvalue weighted by molar-refractivity contribution is 6.31. The number of likely N-dealkylation sites (tertiary alicyclic amines) is 1. The van der Waals surface area contributed by atoms with Gasteiger partial charge in [-0.3, -0.25) is 9.69 Å². The van der Waals surface area contributed by atoms with Gasteiger partial charge in [0, 0.05) is 54.7 Å². The van der Waals surface area contributed by atoms with Crippen molar-refractivity contribution >= 4 is 45.6 Å². The first-order valence-electron chi connectivity index (χ1n) is 11.3. The van der Waals surface area contributed by atoms with Crippen molar-refractivity contribution in [2.24, 2.45) is 11.8 Å². The second-order valence-electron chi connectivity index (χ2n) is 8.71. The molecule has 0 saturated carbocycles. The van der Waals surface area contributed by atoms with E-state index in [9.17, 15) is 9.18 Å². The summed E-state index contributed by atoms with van der Waals surface area (Å²) in [6.07, 6.45) is 4.82. The zero-order valence-electron chi connectivity index (χ0n) is 19.1. The van der Waals surface area contributed by atoms with Gasteiger partial charge in [0.05, 0.1) is 36.6 Å². The zero-order chi connectivity index (χ0) is 24.4. The lowest BCUT2D eigenvalue weighted by Gasteiger charge is -2.14. The highest BCUT2D eigenvalue weighted by Crippen LogP contribution is 2.34. The van der Waals surface area contributed by atoms with Crippen LogP contribution in [0.15, 0.2) is 48.8 Å². The van der Waals surface area contributed by atoms with Gasteiger partial charge in [0.1, 0.15) is 23.7 Å². The summed E-state index contributed by atoms with van der Waals surface area (Å²) in [5.74, 6) is 1.40. The number of nitrogens with zero attached hydrogens (tertiary/aromatic N) is 3. The molecule has 0 radical (unpaired) electrons. The van der Waals surface area contributed by atoms with E-state index in [2.05, 4.69) is 25.5 Å². The second kappa shape index (κ2) is 10.2. The summed E-state index contributed by atoms with van der Waals surface area (Å²) in [4.78, 5) is 23.6. The van der Waals surface area contributed by atoms with Crippen molar-refractivity contribution in [2.75, 3.05) is 50.6 Å². The lowest BCUT2D eigenvalue weighted by Crippen LogP contribution is -2.23. The molecule has 2 fully saturated rings. The highest BCUT2D eigenvalue weighted by atomic mass is 35.5. The van der Waals surface area contributed by atoms with Crippen molar-refractivity contribution in [3.63, 3.8) is 0 Å². The Hall–Kier alpha value is -3.27. The third kappa shape index (κ3) is 5.22. The van der Waals surface area contributed by atoms with Gasteiger partial charge in [0.25, 0.3) is 0 Å². The maximum atomic E-state index is 13.5. The fourth-order valence-corrected chi connectivity index (χ4v) is 4.76. The molecule has 0 aliphatic carbocycles. The first-order valence-corrected chi connectivity index (χ1v) is 11.7. The van der Waals surface area contributed by atoms with Crippen LogP contribution >= 0.6 is 11.6 Å². The molecule has 2 atom stereocenters. The van der Waals surface area contributed by atoms with Crippen LogP contribution in [-0.2, 0) is 9.53 Å². The van der Waals surface area contributed by atoms with Gasteiger partial charge in [-0.15, -0.1) is 0 Å². The minimum atomic E-state index is -0.505. The van der Waals surface area contributed by atoms with Crippen LogP contribution in [0.5, 0.6) is 5.75 Å². The Balaban J connectivity index is 1.31. The molecule has 35 heavy (non-hydrogen) atoms. The molecule has 10 heteroatoms. The highest BCUT2D eigenvalue weighted by Gasteiger charge is 2.36. The number of carbonyl (C=O) groups is 1. The van der Waals surface area contributed by atoms with Crippen LogP contribution in [0.4, 0.5) is 21.6 Å². The van der Waals surface area contributed by atoms with Crippen LogP contribution in [-0.4, -0.2) is 60.7 Å². The first-order chi connectivity index (χ1) is 17.0. The molecule has 2 aromatic carbocycles. The van der Waals surface area contributed by atoms with Crippen molar-refractivity contribution in [2.45, 2.75) is 0 Å². The SMILES string of the molecule is COc1cc2ncnc(Nc3ccc(F)c(Cl)c3)c2cc1NC(=O)C=CCN1CC2COCC2C1. The summed E-state index contributed by atoms with van der Waals surface area (Å²) >= 11 is 5.90. The maximum absolute atomic E-state index is 13.5. The van der Waals surface area contributed by atoms with Gasteiger partial charge in [-0.05, 0) is 24.3 Å². The van der Waals surface area contributed by atoms with Crippen molar-refractivity contribution in [1.29, 1.82) is 0 Å². The largest absolute Gasteiger partial charge is 0.494 e. The van der Waals surface area contributed by atoms with Crippen molar-refractivity contribution in [1.82, 2.24) is 14.9 Å². The van der Waals surface area contributed by atoms with E-state index in [1.54, 1.807) is 18.2 Å². The Morgan fingerprint density at radius 2 is 2.06 bits per heavy atom. The number of anilines is 3. The molecule has 0 bridgehead atoms. The Labute approximate surface area is 207 Å². The van der Waals surface area contributed by atoms with E-state index in [1.165, 1.54) is 31.6 Å². The van der Waals surface area contributed by atoms with Crippen LogP contribution < -0.4 is 15.4 Å². The van der Waals surface area contributed by atoms with Crippen LogP contribution in [0.25, 0.3) is 10.9 Å². The van der Waals surface area contributed by atoms with Gasteiger partial charge in [-0.25, -0.2) is 14.4 Å². The molecule has 182 valence electrons. The Morgan fingerprint density at radius 1 is 1.26 bits per heavy atom. The molecule has 0 spiro atoms. The van der Waals surface area contributed by atoms with E-state index in [4.69, 9.17) is 21.1 Å². The van der Waals surface area contributed by atoms with Gasteiger partial charge in [-0.2, -0.15) is 0 Å². The second-order valence-corrected chi connectivity index (χ2v) is 9.12. The van der Waals surface area contributed by atoms with Crippen LogP contribution in [0.1, 0.15) is 0 Å². The standard InChI is InChI=1S/C25H25ClFN5O3/c1-34-23-9-21-18(25(29-14-28-21)30-17-4-5-20(27)19(26)7-17)8-22(23)31-24(33)3-2-6-32-10-15-12-35-13-16(15)11-32/h2-5,7-9,14-16H,6,10-13H2,1H3,(H,31,33)(H,28,29,30). The Bertz CT molecular complexity index is 1280. The van der Waals surface area contributed by atoms with Gasteiger partial charge in [-0.1, -0.05) is 17.7 Å². The van der Waals surface area contributed by atoms with Gasteiger partial charge in [0.15, 0.2) is 0 Å². The van der Waals surface area contributed by atoms with Gasteiger partial charge in [0.2, 0.25) is 5.91 Å². The Morgan fingerprint density at radius 3 is 2.80 bits per heavy atom. The van der Waals surface area contributed by atoms with Gasteiger partial charge >= 0.3 is 0 Å². The number of ether oxygens (including phenoxy) is 2. The number of halogens is 2. The fourth-order valence-electron chi connectivity index (χ4n) is 4.58. The molecule has 2 unspecified atom stereocenters. The summed E-state index contributed by atoms with van der Waals surface area (Å²) in [7, 11) is 1.53. The summed E-state index contributed by atoms with van der Waals surface area (Å²) in [5.41, 5.74) is 1.67. The molecule has 2 saturated heterocycles. The number of methoxy groups -OCH3 is 1. The first kappa shape index (κ1) is 23.5. The van der Waals surface area contributed by atoms with Crippen molar-refractivity contribution in [3.8, 4) is 5.75 Å². The predicted molar refractivity (Wildman–Crippen MR) is 133 cm³/mol. The smallest absolute Gasteiger partial charge is 0.248 e. The number of hydrogen-bond donors (Lipinski definition) is 2. The van der Waals surface area contributed by atoms with E-state index < -0.39 is 5.82 Å². The Kier molecular flexibility index (Phi) is 6.81. The van der Waals surface area contributed by atoms with E-state index >= 15 is 0 Å². The molecule has 1 aromatic heterocycles. The molecule has 5 rings (SSSR count). The van der Waals surface area contributed by atoms with Gasteiger partial charge < -0.3 is 20.1 Å². The molecule has 3 heterocycles. The molecule has 8 nitrogen and oxygen atoms in total. The van der Waals surface area contributed by atoms with Crippen LogP contribution in [0.2, 0.25) is 5.02 Å². The average Bonchev–Trinajstić information content (AvgIpc) is 3.43. The monoisotopic (exact) mass is 497 g/mol. The molecule has 1 amide bonds. The quantitative estimate of drug-likeness (QED) is 0.472. The number of hydrogen-bond acceptors (Lipinski definition) is 7. The molecule has 2 aliphatic rings. The zero-order valence-corrected chi connectivity index (χ0v) is 19.9. The number of rotatable bonds is 7.